The highest BCUT2D eigenvalue weighted by molar-refractivity contribution is 14.0. The third-order valence-corrected chi connectivity index (χ3v) is 5.63. The van der Waals surface area contributed by atoms with Crippen LogP contribution in [0.1, 0.15) is 50.6 Å². The number of guanidine groups is 1. The second-order valence-electron chi connectivity index (χ2n) is 7.98. The van der Waals surface area contributed by atoms with Crippen molar-refractivity contribution in [3.05, 3.63) is 29.6 Å². The Morgan fingerprint density at radius 1 is 1.36 bits per heavy atom. The lowest BCUT2D eigenvalue weighted by Crippen LogP contribution is -2.41. The maximum absolute atomic E-state index is 14.3. The van der Waals surface area contributed by atoms with Crippen LogP contribution in [-0.4, -0.2) is 39.9 Å². The molecule has 1 unspecified atom stereocenters. The molecule has 2 N–H and O–H groups in total. The Balaban J connectivity index is 0.00000280. The summed E-state index contributed by atoms with van der Waals surface area (Å²) in [7, 11) is 3.50. The normalized spacial score (nSPS) is 18.8. The molecule has 0 radical (unpaired) electrons. The van der Waals surface area contributed by atoms with E-state index in [0.717, 1.165) is 31.1 Å². The molecule has 7 heteroatoms. The molecule has 2 saturated carbocycles. The van der Waals surface area contributed by atoms with Gasteiger partial charge in [-0.15, -0.1) is 24.0 Å². The van der Waals surface area contributed by atoms with Gasteiger partial charge >= 0.3 is 0 Å². The Labute approximate surface area is 184 Å². The van der Waals surface area contributed by atoms with Gasteiger partial charge < -0.3 is 20.1 Å². The summed E-state index contributed by atoms with van der Waals surface area (Å²) in [6.07, 6.45) is 5.91. The topological polar surface area (TPSA) is 54.9 Å². The van der Waals surface area contributed by atoms with Crippen molar-refractivity contribution < 1.29 is 13.9 Å². The van der Waals surface area contributed by atoms with Crippen LogP contribution in [0, 0.1) is 17.2 Å². The van der Waals surface area contributed by atoms with E-state index in [1.165, 1.54) is 25.7 Å². The zero-order chi connectivity index (χ0) is 19.3. The second kappa shape index (κ2) is 10.6. The van der Waals surface area contributed by atoms with Crippen LogP contribution in [0.3, 0.4) is 0 Å². The van der Waals surface area contributed by atoms with Gasteiger partial charge in [0, 0.05) is 27.3 Å². The van der Waals surface area contributed by atoms with Gasteiger partial charge in [-0.2, -0.15) is 0 Å². The van der Waals surface area contributed by atoms with Gasteiger partial charge in [-0.25, -0.2) is 4.39 Å². The molecule has 2 fully saturated rings. The molecule has 0 amide bonds. The number of aliphatic imine (C=N–C) groups is 1. The van der Waals surface area contributed by atoms with E-state index in [1.807, 2.05) is 13.0 Å². The summed E-state index contributed by atoms with van der Waals surface area (Å²) < 4.78 is 25.1. The van der Waals surface area contributed by atoms with Crippen LogP contribution in [0.4, 0.5) is 4.39 Å². The van der Waals surface area contributed by atoms with Crippen LogP contribution in [0.5, 0.6) is 5.75 Å². The Bertz CT molecular complexity index is 663. The summed E-state index contributed by atoms with van der Waals surface area (Å²) >= 11 is 0. The number of ether oxygens (including phenoxy) is 2. The molecule has 5 nitrogen and oxygen atoms in total. The average molecular weight is 505 g/mol. The van der Waals surface area contributed by atoms with E-state index in [2.05, 4.69) is 15.6 Å². The van der Waals surface area contributed by atoms with Crippen LogP contribution in [0.25, 0.3) is 0 Å². The highest BCUT2D eigenvalue weighted by Gasteiger charge is 2.41. The number of rotatable bonds is 10. The average Bonchev–Trinajstić information content (AvgIpc) is 3.58. The first-order valence-electron chi connectivity index (χ1n) is 9.93. The number of benzene rings is 1. The highest BCUT2D eigenvalue weighted by atomic mass is 127. The second-order valence-corrected chi connectivity index (χ2v) is 7.98. The Hall–Kier alpha value is -1.09. The van der Waals surface area contributed by atoms with Gasteiger partial charge in [0.05, 0.1) is 12.6 Å². The zero-order valence-corrected chi connectivity index (χ0v) is 19.4. The third-order valence-electron chi connectivity index (χ3n) is 5.63. The highest BCUT2D eigenvalue weighted by Crippen LogP contribution is 2.48. The molecule has 0 bridgehead atoms. The molecule has 0 saturated heterocycles. The van der Waals surface area contributed by atoms with Crippen molar-refractivity contribution in [3.63, 3.8) is 0 Å². The molecule has 1 atom stereocenters. The first-order chi connectivity index (χ1) is 13.0. The van der Waals surface area contributed by atoms with Crippen molar-refractivity contribution in [2.24, 2.45) is 16.3 Å². The Morgan fingerprint density at radius 2 is 2.11 bits per heavy atom. The minimum absolute atomic E-state index is 0. The van der Waals surface area contributed by atoms with Crippen molar-refractivity contribution in [1.82, 2.24) is 10.6 Å². The molecular weight excluding hydrogens is 472 g/mol. The van der Waals surface area contributed by atoms with Gasteiger partial charge in [0.1, 0.15) is 0 Å². The van der Waals surface area contributed by atoms with Gasteiger partial charge in [-0.3, -0.25) is 4.99 Å². The largest absolute Gasteiger partial charge is 0.490 e. The molecule has 0 spiro atoms. The van der Waals surface area contributed by atoms with E-state index < -0.39 is 0 Å². The van der Waals surface area contributed by atoms with Gasteiger partial charge in [0.25, 0.3) is 0 Å². The molecule has 1 aromatic carbocycles. The van der Waals surface area contributed by atoms with Crippen LogP contribution >= 0.6 is 24.0 Å². The van der Waals surface area contributed by atoms with Gasteiger partial charge in [0.15, 0.2) is 17.5 Å². The molecule has 0 aliphatic heterocycles. The fourth-order valence-corrected chi connectivity index (χ4v) is 3.16. The summed E-state index contributed by atoms with van der Waals surface area (Å²) in [6, 6.07) is 5.13. The van der Waals surface area contributed by atoms with Crippen molar-refractivity contribution in [3.8, 4) is 5.75 Å². The monoisotopic (exact) mass is 505 g/mol. The van der Waals surface area contributed by atoms with Crippen molar-refractivity contribution in [1.29, 1.82) is 0 Å². The molecule has 0 heterocycles. The van der Waals surface area contributed by atoms with Crippen molar-refractivity contribution in [2.75, 3.05) is 33.9 Å². The number of nitrogens with one attached hydrogen (secondary N) is 2. The minimum Gasteiger partial charge on any atom is -0.490 e. The first-order valence-corrected chi connectivity index (χ1v) is 9.93. The van der Waals surface area contributed by atoms with Gasteiger partial charge in [-0.1, -0.05) is 6.07 Å². The third kappa shape index (κ3) is 6.76. The zero-order valence-electron chi connectivity index (χ0n) is 17.1. The first kappa shape index (κ1) is 23.2. The summed E-state index contributed by atoms with van der Waals surface area (Å²) in [5, 5.41) is 6.76. The van der Waals surface area contributed by atoms with E-state index in [-0.39, 0.29) is 35.8 Å². The van der Waals surface area contributed by atoms with E-state index in [4.69, 9.17) is 9.47 Å². The molecule has 2 aliphatic carbocycles. The molecule has 3 rings (SSSR count). The van der Waals surface area contributed by atoms with Crippen LogP contribution in [0.15, 0.2) is 23.2 Å². The summed E-state index contributed by atoms with van der Waals surface area (Å²) in [5.41, 5.74) is 1.21. The summed E-state index contributed by atoms with van der Waals surface area (Å²) in [4.78, 5) is 4.31. The van der Waals surface area contributed by atoms with E-state index in [0.29, 0.717) is 23.7 Å². The number of nitrogens with zero attached hydrogens (tertiary/aromatic N) is 1. The predicted molar refractivity (Wildman–Crippen MR) is 121 cm³/mol. The molecule has 0 aromatic heterocycles. The number of hydrogen-bond donors (Lipinski definition) is 2. The predicted octanol–water partition coefficient (Wildman–Crippen LogP) is 4.28. The van der Waals surface area contributed by atoms with Crippen molar-refractivity contribution >= 4 is 29.9 Å². The maximum Gasteiger partial charge on any atom is 0.191 e. The Morgan fingerprint density at radius 3 is 2.68 bits per heavy atom. The molecule has 158 valence electrons. The lowest BCUT2D eigenvalue weighted by atomic mass is 10.0. The lowest BCUT2D eigenvalue weighted by molar-refractivity contribution is 0.172. The van der Waals surface area contributed by atoms with Crippen molar-refractivity contribution in [2.45, 2.75) is 45.1 Å². The molecule has 1 aromatic rings. The van der Waals surface area contributed by atoms with E-state index >= 15 is 0 Å². The quantitative estimate of drug-likeness (QED) is 0.283. The summed E-state index contributed by atoms with van der Waals surface area (Å²) in [6.45, 7) is 4.29. The lowest BCUT2D eigenvalue weighted by Gasteiger charge is -2.21. The Kier molecular flexibility index (Phi) is 8.80. The number of halogens is 2. The van der Waals surface area contributed by atoms with Gasteiger partial charge in [-0.05, 0) is 68.1 Å². The molecular formula is C21H33FIN3O2. The fraction of sp³-hybridized carbons (Fsp3) is 0.667. The number of hydrogen-bond acceptors (Lipinski definition) is 3. The fourth-order valence-electron chi connectivity index (χ4n) is 3.16. The van der Waals surface area contributed by atoms with Crippen LogP contribution in [-0.2, 0) is 4.74 Å². The SMILES string of the molecule is CN=C(NCC1(CCOC)CC1)NC(C)c1ccc(OCC2CC2)c(F)c1.I. The minimum atomic E-state index is -0.304. The van der Waals surface area contributed by atoms with Crippen LogP contribution < -0.4 is 15.4 Å². The van der Waals surface area contributed by atoms with Crippen LogP contribution in [0.2, 0.25) is 0 Å². The van der Waals surface area contributed by atoms with Gasteiger partial charge in [0.2, 0.25) is 0 Å². The number of methoxy groups -OCH3 is 1. The molecule has 28 heavy (non-hydrogen) atoms. The summed E-state index contributed by atoms with van der Waals surface area (Å²) in [5.74, 6) is 1.38. The molecule has 2 aliphatic rings. The maximum atomic E-state index is 14.3. The van der Waals surface area contributed by atoms with E-state index in [1.54, 1.807) is 26.3 Å². The van der Waals surface area contributed by atoms with E-state index in [9.17, 15) is 4.39 Å². The smallest absolute Gasteiger partial charge is 0.191 e. The standard InChI is InChI=1S/C21H32FN3O2.HI/c1-15(17-6-7-19(18(22)12-17)27-13-16-4-5-16)25-20(23-2)24-14-21(8-9-21)10-11-26-3;/h6-7,12,15-16H,4-5,8-11,13-14H2,1-3H3,(H2,23,24,25);1H.